The minimum absolute atomic E-state index is 0.233. The lowest BCUT2D eigenvalue weighted by Crippen LogP contribution is -2.24. The molecule has 1 aliphatic heterocycles. The maximum Gasteiger partial charge on any atom is 0.128 e. The monoisotopic (exact) mass is 365 g/mol. The van der Waals surface area contributed by atoms with Crippen LogP contribution in [0.3, 0.4) is 0 Å². The second-order valence-electron chi connectivity index (χ2n) is 7.58. The highest BCUT2D eigenvalue weighted by atomic mass is 16.5. The molecule has 0 unspecified atom stereocenters. The Labute approximate surface area is 161 Å². The zero-order valence-electron chi connectivity index (χ0n) is 16.1. The molecule has 5 heteroatoms. The zero-order chi connectivity index (χ0) is 18.6. The third-order valence-corrected chi connectivity index (χ3v) is 5.29. The van der Waals surface area contributed by atoms with E-state index in [1.807, 2.05) is 10.9 Å². The quantitative estimate of drug-likeness (QED) is 0.759. The van der Waals surface area contributed by atoms with Gasteiger partial charge < -0.3 is 9.47 Å². The maximum absolute atomic E-state index is 5.81. The predicted molar refractivity (Wildman–Crippen MR) is 103 cm³/mol. The topological polar surface area (TPSA) is 49.2 Å². The highest BCUT2D eigenvalue weighted by Gasteiger charge is 2.22. The van der Waals surface area contributed by atoms with Crippen molar-refractivity contribution in [1.82, 2.24) is 15.0 Å². The molecule has 4 rings (SSSR count). The summed E-state index contributed by atoms with van der Waals surface area (Å²) < 4.78 is 13.5. The molecule has 2 aliphatic rings. The first-order valence-corrected chi connectivity index (χ1v) is 9.89. The molecule has 2 heterocycles. The standard InChI is InChI=1S/C22H27N3O2/c1-16-6-7-18(11-10-17-8-9-17)13-20(16)22(26-2)21-15-25(24-23-21)14-19-5-3-4-12-27-19/h6-7,13,15,17,19,22H,3-5,8-9,12,14H2,1-2H3/t19-,22-/m1/s1. The summed E-state index contributed by atoms with van der Waals surface area (Å²) in [7, 11) is 1.72. The third kappa shape index (κ3) is 4.58. The zero-order valence-corrected chi connectivity index (χ0v) is 16.1. The van der Waals surface area contributed by atoms with Gasteiger partial charge in [-0.25, -0.2) is 4.68 Å². The van der Waals surface area contributed by atoms with E-state index in [1.165, 1.54) is 24.8 Å². The number of ether oxygens (including phenoxy) is 2. The number of aryl methyl sites for hydroxylation is 1. The number of methoxy groups -OCH3 is 1. The van der Waals surface area contributed by atoms with Crippen LogP contribution in [0.25, 0.3) is 0 Å². The summed E-state index contributed by atoms with van der Waals surface area (Å²) in [6.45, 7) is 3.69. The summed E-state index contributed by atoms with van der Waals surface area (Å²) in [5, 5.41) is 8.68. The van der Waals surface area contributed by atoms with Crippen LogP contribution in [-0.2, 0) is 16.0 Å². The molecule has 0 radical (unpaired) electrons. The Kier molecular flexibility index (Phi) is 5.56. The maximum atomic E-state index is 5.81. The largest absolute Gasteiger partial charge is 0.376 e. The van der Waals surface area contributed by atoms with Crippen molar-refractivity contribution in [3.8, 4) is 11.8 Å². The third-order valence-electron chi connectivity index (χ3n) is 5.29. The van der Waals surface area contributed by atoms with E-state index in [2.05, 4.69) is 47.3 Å². The van der Waals surface area contributed by atoms with E-state index in [9.17, 15) is 0 Å². The fourth-order valence-electron chi connectivity index (χ4n) is 3.50. The second-order valence-corrected chi connectivity index (χ2v) is 7.58. The molecule has 1 aliphatic carbocycles. The molecule has 0 bridgehead atoms. The Morgan fingerprint density at radius 1 is 1.30 bits per heavy atom. The number of aromatic nitrogens is 3. The van der Waals surface area contributed by atoms with Gasteiger partial charge in [0.05, 0.1) is 18.8 Å². The SMILES string of the molecule is CO[C@@H](c1cn(C[C@H]2CCCCO2)nn1)c1cc(C#CC2CC2)ccc1C. The minimum atomic E-state index is -0.242. The van der Waals surface area contributed by atoms with Crippen LogP contribution in [0.1, 0.15) is 60.6 Å². The van der Waals surface area contributed by atoms with Gasteiger partial charge in [0.1, 0.15) is 11.8 Å². The smallest absolute Gasteiger partial charge is 0.128 e. The minimum Gasteiger partial charge on any atom is -0.376 e. The molecule has 1 aromatic carbocycles. The Balaban J connectivity index is 1.53. The van der Waals surface area contributed by atoms with Crippen molar-refractivity contribution in [3.63, 3.8) is 0 Å². The molecule has 2 fully saturated rings. The molecule has 27 heavy (non-hydrogen) atoms. The van der Waals surface area contributed by atoms with Gasteiger partial charge in [-0.3, -0.25) is 0 Å². The first-order chi connectivity index (χ1) is 13.2. The van der Waals surface area contributed by atoms with E-state index in [1.54, 1.807) is 7.11 Å². The fraction of sp³-hybridized carbons (Fsp3) is 0.545. The van der Waals surface area contributed by atoms with E-state index >= 15 is 0 Å². The number of nitrogens with zero attached hydrogens (tertiary/aromatic N) is 3. The van der Waals surface area contributed by atoms with Crippen LogP contribution in [-0.4, -0.2) is 34.8 Å². The lowest BCUT2D eigenvalue weighted by atomic mass is 9.98. The molecule has 0 N–H and O–H groups in total. The van der Waals surface area contributed by atoms with E-state index < -0.39 is 0 Å². The van der Waals surface area contributed by atoms with Crippen molar-refractivity contribution in [3.05, 3.63) is 46.8 Å². The molecule has 5 nitrogen and oxygen atoms in total. The molecule has 0 spiro atoms. The van der Waals surface area contributed by atoms with Crippen LogP contribution in [0.15, 0.2) is 24.4 Å². The first kappa shape index (κ1) is 18.2. The molecule has 0 amide bonds. The number of benzene rings is 1. The summed E-state index contributed by atoms with van der Waals surface area (Å²) in [6, 6.07) is 6.32. The van der Waals surface area contributed by atoms with Crippen molar-refractivity contribution in [2.45, 2.75) is 57.8 Å². The average Bonchev–Trinajstić information content (AvgIpc) is 3.42. The number of rotatable bonds is 5. The highest BCUT2D eigenvalue weighted by Crippen LogP contribution is 2.29. The molecule has 1 saturated heterocycles. The predicted octanol–water partition coefficient (Wildman–Crippen LogP) is 3.65. The molecule has 2 aromatic rings. The van der Waals surface area contributed by atoms with Gasteiger partial charge in [-0.15, -0.1) is 5.10 Å². The number of hydrogen-bond acceptors (Lipinski definition) is 4. The van der Waals surface area contributed by atoms with Gasteiger partial charge in [0.15, 0.2) is 0 Å². The summed E-state index contributed by atoms with van der Waals surface area (Å²) in [5.41, 5.74) is 4.13. The van der Waals surface area contributed by atoms with Crippen LogP contribution < -0.4 is 0 Å². The highest BCUT2D eigenvalue weighted by molar-refractivity contribution is 5.43. The van der Waals surface area contributed by atoms with Gasteiger partial charge in [-0.2, -0.15) is 0 Å². The van der Waals surface area contributed by atoms with Crippen LogP contribution in [0.4, 0.5) is 0 Å². The first-order valence-electron chi connectivity index (χ1n) is 9.89. The van der Waals surface area contributed by atoms with Gasteiger partial charge in [0.25, 0.3) is 0 Å². The van der Waals surface area contributed by atoms with Crippen molar-refractivity contribution < 1.29 is 9.47 Å². The van der Waals surface area contributed by atoms with Crippen LogP contribution >= 0.6 is 0 Å². The van der Waals surface area contributed by atoms with Crippen LogP contribution in [0, 0.1) is 24.7 Å². The van der Waals surface area contributed by atoms with Crippen molar-refractivity contribution in [2.24, 2.45) is 5.92 Å². The van der Waals surface area contributed by atoms with Crippen molar-refractivity contribution >= 4 is 0 Å². The summed E-state index contributed by atoms with van der Waals surface area (Å²) >= 11 is 0. The molecule has 1 saturated carbocycles. The average molecular weight is 365 g/mol. The van der Waals surface area contributed by atoms with Gasteiger partial charge in [0.2, 0.25) is 0 Å². The number of hydrogen-bond donors (Lipinski definition) is 0. The van der Waals surface area contributed by atoms with Crippen LogP contribution in [0.2, 0.25) is 0 Å². The molecule has 2 atom stereocenters. The summed E-state index contributed by atoms with van der Waals surface area (Å²) in [6.07, 6.45) is 7.91. The van der Waals surface area contributed by atoms with Gasteiger partial charge >= 0.3 is 0 Å². The summed E-state index contributed by atoms with van der Waals surface area (Å²) in [5.74, 6) is 7.22. The van der Waals surface area contributed by atoms with Gasteiger partial charge in [-0.05, 0) is 62.3 Å². The fourth-order valence-corrected chi connectivity index (χ4v) is 3.50. The normalized spacial score (nSPS) is 20.7. The van der Waals surface area contributed by atoms with Gasteiger partial charge in [-0.1, -0.05) is 23.1 Å². The lowest BCUT2D eigenvalue weighted by Gasteiger charge is -2.22. The Morgan fingerprint density at radius 3 is 2.93 bits per heavy atom. The van der Waals surface area contributed by atoms with Crippen molar-refractivity contribution in [1.29, 1.82) is 0 Å². The van der Waals surface area contributed by atoms with E-state index in [0.717, 1.165) is 42.8 Å². The Morgan fingerprint density at radius 2 is 2.19 bits per heavy atom. The molecular formula is C22H27N3O2. The van der Waals surface area contributed by atoms with Crippen LogP contribution in [0.5, 0.6) is 0 Å². The molecule has 142 valence electrons. The Hall–Kier alpha value is -2.16. The summed E-state index contributed by atoms with van der Waals surface area (Å²) in [4.78, 5) is 0. The van der Waals surface area contributed by atoms with E-state index in [-0.39, 0.29) is 12.2 Å². The van der Waals surface area contributed by atoms with Crippen molar-refractivity contribution in [2.75, 3.05) is 13.7 Å². The van der Waals surface area contributed by atoms with E-state index in [0.29, 0.717) is 5.92 Å². The Bertz CT molecular complexity index is 839. The molecular weight excluding hydrogens is 338 g/mol. The second kappa shape index (κ2) is 8.24. The van der Waals surface area contributed by atoms with E-state index in [4.69, 9.17) is 9.47 Å². The van der Waals surface area contributed by atoms with Gasteiger partial charge in [0, 0.05) is 25.2 Å². The lowest BCUT2D eigenvalue weighted by molar-refractivity contribution is 0.00368. The molecule has 1 aromatic heterocycles.